The van der Waals surface area contributed by atoms with Gasteiger partial charge in [0.05, 0.1) is 11.8 Å². The van der Waals surface area contributed by atoms with Gasteiger partial charge in [-0.1, -0.05) is 0 Å². The van der Waals surface area contributed by atoms with Crippen LogP contribution in [0.15, 0.2) is 0 Å². The van der Waals surface area contributed by atoms with E-state index in [2.05, 4.69) is 0 Å². The van der Waals surface area contributed by atoms with Gasteiger partial charge in [0, 0.05) is 0 Å². The fraction of sp³-hybridized carbons (Fsp3) is 0.800. The molecule has 0 aromatic heterocycles. The van der Waals surface area contributed by atoms with Gasteiger partial charge >= 0.3 is 11.9 Å². The van der Waals surface area contributed by atoms with Crippen LogP contribution in [0.4, 0.5) is 0 Å². The number of cyclic esters (lactones) is 2. The number of fused-ring (bicyclic) bond motifs is 2. The van der Waals surface area contributed by atoms with E-state index < -0.39 is 0 Å². The molecule has 3 nitrogen and oxygen atoms in total. The van der Waals surface area contributed by atoms with Crippen molar-refractivity contribution in [2.75, 3.05) is 0 Å². The molecule has 1 aliphatic heterocycles. The molecular formula is C10H12O3. The minimum absolute atomic E-state index is 0.0694. The quantitative estimate of drug-likeness (QED) is 0.414. The van der Waals surface area contributed by atoms with Crippen molar-refractivity contribution >= 4 is 11.9 Å². The summed E-state index contributed by atoms with van der Waals surface area (Å²) in [6, 6.07) is 0. The van der Waals surface area contributed by atoms with Crippen LogP contribution in [0.5, 0.6) is 0 Å². The van der Waals surface area contributed by atoms with Crippen molar-refractivity contribution < 1.29 is 14.3 Å². The monoisotopic (exact) mass is 180 g/mol. The fourth-order valence-electron chi connectivity index (χ4n) is 3.36. The molecule has 0 amide bonds. The molecule has 4 aliphatic rings. The van der Waals surface area contributed by atoms with E-state index in [-0.39, 0.29) is 23.8 Å². The maximum atomic E-state index is 11.4. The normalized spacial score (nSPS) is 47.7. The lowest BCUT2D eigenvalue weighted by atomic mass is 9.59. The molecular weight excluding hydrogens is 168 g/mol. The molecule has 4 fully saturated rings. The first-order valence-corrected chi connectivity index (χ1v) is 5.03. The van der Waals surface area contributed by atoms with Crippen LogP contribution in [-0.4, -0.2) is 11.9 Å². The molecule has 1 heterocycles. The average Bonchev–Trinajstić information content (AvgIpc) is 2.47. The first-order valence-electron chi connectivity index (χ1n) is 5.03. The van der Waals surface area contributed by atoms with Crippen LogP contribution in [0.25, 0.3) is 0 Å². The van der Waals surface area contributed by atoms with E-state index in [1.807, 2.05) is 0 Å². The molecule has 0 unspecified atom stereocenters. The molecule has 1 saturated heterocycles. The Hall–Kier alpha value is -0.860. The van der Waals surface area contributed by atoms with E-state index in [1.165, 1.54) is 0 Å². The highest BCUT2D eigenvalue weighted by molar-refractivity contribution is 5.97. The Bertz CT molecular complexity index is 248. The molecule has 0 aromatic carbocycles. The Labute approximate surface area is 76.4 Å². The number of rotatable bonds is 0. The molecule has 0 N–H and O–H groups in total. The Kier molecular flexibility index (Phi) is 1.35. The molecule has 70 valence electrons. The third-order valence-electron chi connectivity index (χ3n) is 3.96. The van der Waals surface area contributed by atoms with Crippen molar-refractivity contribution in [2.45, 2.75) is 25.7 Å². The summed E-state index contributed by atoms with van der Waals surface area (Å²) in [4.78, 5) is 22.7. The van der Waals surface area contributed by atoms with Crippen molar-refractivity contribution in [3.63, 3.8) is 0 Å². The van der Waals surface area contributed by atoms with Gasteiger partial charge in [0.15, 0.2) is 0 Å². The third-order valence-corrected chi connectivity index (χ3v) is 3.96. The van der Waals surface area contributed by atoms with Gasteiger partial charge in [-0.15, -0.1) is 0 Å². The van der Waals surface area contributed by atoms with E-state index in [0.717, 1.165) is 25.7 Å². The van der Waals surface area contributed by atoms with Crippen molar-refractivity contribution in [3.8, 4) is 0 Å². The highest BCUT2D eigenvalue weighted by Gasteiger charge is 2.56. The van der Waals surface area contributed by atoms with Gasteiger partial charge in [0.2, 0.25) is 0 Å². The fourth-order valence-corrected chi connectivity index (χ4v) is 3.36. The largest absolute Gasteiger partial charge is 0.393 e. The number of hydrogen-bond donors (Lipinski definition) is 0. The van der Waals surface area contributed by atoms with Crippen LogP contribution in [0.1, 0.15) is 25.7 Å². The van der Waals surface area contributed by atoms with Crippen molar-refractivity contribution in [3.05, 3.63) is 0 Å². The lowest BCUT2D eigenvalue weighted by Gasteiger charge is -2.41. The summed E-state index contributed by atoms with van der Waals surface area (Å²) < 4.78 is 4.71. The molecule has 2 bridgehead atoms. The molecule has 13 heavy (non-hydrogen) atoms. The Balaban J connectivity index is 2.00. The smallest absolute Gasteiger partial charge is 0.317 e. The second-order valence-corrected chi connectivity index (χ2v) is 4.47. The van der Waals surface area contributed by atoms with Gasteiger partial charge in [-0.25, -0.2) is 0 Å². The van der Waals surface area contributed by atoms with Gasteiger partial charge in [-0.2, -0.15) is 0 Å². The van der Waals surface area contributed by atoms with Crippen molar-refractivity contribution in [1.29, 1.82) is 0 Å². The van der Waals surface area contributed by atoms with Crippen LogP contribution < -0.4 is 0 Å². The molecule has 0 aromatic rings. The maximum Gasteiger partial charge on any atom is 0.317 e. The topological polar surface area (TPSA) is 43.4 Å². The number of esters is 2. The van der Waals surface area contributed by atoms with Gasteiger partial charge in [0.1, 0.15) is 0 Å². The van der Waals surface area contributed by atoms with Gasteiger partial charge in [-0.05, 0) is 37.5 Å². The molecule has 3 saturated carbocycles. The number of hydrogen-bond acceptors (Lipinski definition) is 3. The molecule has 2 atom stereocenters. The average molecular weight is 180 g/mol. The Morgan fingerprint density at radius 2 is 1.23 bits per heavy atom. The summed E-state index contributed by atoms with van der Waals surface area (Å²) >= 11 is 0. The predicted molar refractivity (Wildman–Crippen MR) is 43.5 cm³/mol. The third kappa shape index (κ3) is 0.847. The number of ether oxygens (including phenoxy) is 1. The first kappa shape index (κ1) is 7.54. The zero-order valence-corrected chi connectivity index (χ0v) is 7.36. The number of carbonyl (C=O) groups excluding carboxylic acids is 2. The van der Waals surface area contributed by atoms with Gasteiger partial charge < -0.3 is 4.74 Å². The lowest BCUT2D eigenvalue weighted by Crippen LogP contribution is -2.41. The number of carbonyl (C=O) groups is 2. The van der Waals surface area contributed by atoms with Crippen LogP contribution in [-0.2, 0) is 14.3 Å². The molecule has 4 rings (SSSR count). The maximum absolute atomic E-state index is 11.4. The van der Waals surface area contributed by atoms with E-state index in [0.29, 0.717) is 11.8 Å². The summed E-state index contributed by atoms with van der Waals surface area (Å²) in [5.74, 6) is 0.247. The minimum atomic E-state index is -0.246. The second kappa shape index (κ2) is 2.34. The molecule has 3 aliphatic carbocycles. The molecule has 0 radical (unpaired) electrons. The standard InChI is InChI=1S/C10H12O3/c11-9-7-5-1-2-6(4-3-5)8(7)10(12)13-9/h5-8H,1-4H2/t5?,6?,7-,8-/m1/s1. The van der Waals surface area contributed by atoms with E-state index in [1.54, 1.807) is 0 Å². The van der Waals surface area contributed by atoms with E-state index in [9.17, 15) is 9.59 Å². The highest BCUT2D eigenvalue weighted by Crippen LogP contribution is 2.52. The first-order chi connectivity index (χ1) is 6.27. The summed E-state index contributed by atoms with van der Waals surface area (Å²) in [5, 5.41) is 0. The Morgan fingerprint density at radius 3 is 1.62 bits per heavy atom. The van der Waals surface area contributed by atoms with Crippen molar-refractivity contribution in [2.24, 2.45) is 23.7 Å². The zero-order chi connectivity index (χ0) is 9.00. The van der Waals surface area contributed by atoms with Crippen molar-refractivity contribution in [1.82, 2.24) is 0 Å². The minimum Gasteiger partial charge on any atom is -0.393 e. The summed E-state index contributed by atoms with van der Waals surface area (Å²) in [5.41, 5.74) is 0. The Morgan fingerprint density at radius 1 is 0.846 bits per heavy atom. The van der Waals surface area contributed by atoms with E-state index >= 15 is 0 Å². The predicted octanol–water partition coefficient (Wildman–Crippen LogP) is 1.12. The zero-order valence-electron chi connectivity index (χ0n) is 7.36. The SMILES string of the molecule is O=C1OC(=O)[C@@H]2C3CCC(CC3)[C@@H]12. The molecule has 0 spiro atoms. The second-order valence-electron chi connectivity index (χ2n) is 4.47. The molecule has 3 heteroatoms. The van der Waals surface area contributed by atoms with Crippen LogP contribution in [0.3, 0.4) is 0 Å². The highest BCUT2D eigenvalue weighted by atomic mass is 16.6. The van der Waals surface area contributed by atoms with Crippen LogP contribution in [0, 0.1) is 23.7 Å². The van der Waals surface area contributed by atoms with Crippen LogP contribution >= 0.6 is 0 Å². The lowest BCUT2D eigenvalue weighted by molar-refractivity contribution is -0.154. The van der Waals surface area contributed by atoms with E-state index in [4.69, 9.17) is 4.74 Å². The van der Waals surface area contributed by atoms with Crippen LogP contribution in [0.2, 0.25) is 0 Å². The summed E-state index contributed by atoms with van der Waals surface area (Å²) in [7, 11) is 0. The summed E-state index contributed by atoms with van der Waals surface area (Å²) in [6.07, 6.45) is 4.48. The summed E-state index contributed by atoms with van der Waals surface area (Å²) in [6.45, 7) is 0. The van der Waals surface area contributed by atoms with Gasteiger partial charge in [0.25, 0.3) is 0 Å². The van der Waals surface area contributed by atoms with Gasteiger partial charge in [-0.3, -0.25) is 9.59 Å².